The molecule has 1 atom stereocenters. The highest BCUT2D eigenvalue weighted by Gasteiger charge is 2.17. The molecule has 106 valence electrons. The molecular weight excluding hydrogens is 236 g/mol. The minimum Gasteiger partial charge on any atom is -0.480 e. The monoisotopic (exact) mass is 260 g/mol. The molecule has 6 nitrogen and oxygen atoms in total. The molecule has 0 unspecified atom stereocenters. The summed E-state index contributed by atoms with van der Waals surface area (Å²) in [7, 11) is 1.66. The quantitative estimate of drug-likeness (QED) is 0.517. The van der Waals surface area contributed by atoms with E-state index in [1.807, 2.05) is 6.92 Å². The number of carbonyl (C=O) groups excluding carboxylic acids is 1. The molecule has 0 rings (SSSR count). The zero-order valence-electron chi connectivity index (χ0n) is 11.2. The third-order valence-electron chi connectivity index (χ3n) is 2.49. The van der Waals surface area contributed by atoms with Gasteiger partial charge in [0.2, 0.25) is 0 Å². The fraction of sp³-hybridized carbons (Fsp3) is 0.833. The Balaban J connectivity index is 3.65. The van der Waals surface area contributed by atoms with Crippen molar-refractivity contribution in [2.24, 2.45) is 0 Å². The molecule has 0 aromatic carbocycles. The van der Waals surface area contributed by atoms with E-state index in [0.717, 1.165) is 25.9 Å². The van der Waals surface area contributed by atoms with E-state index in [4.69, 9.17) is 9.84 Å². The van der Waals surface area contributed by atoms with E-state index >= 15 is 0 Å². The summed E-state index contributed by atoms with van der Waals surface area (Å²) in [6.45, 7) is 3.16. The summed E-state index contributed by atoms with van der Waals surface area (Å²) in [4.78, 5) is 22.2. The SMILES string of the molecule is CCC[C@@H](NC(=O)NCCCCCOC)C(=O)O. The molecule has 2 amide bonds. The molecule has 0 aliphatic heterocycles. The van der Waals surface area contributed by atoms with Crippen LogP contribution in [0.15, 0.2) is 0 Å². The van der Waals surface area contributed by atoms with Crippen LogP contribution in [0.3, 0.4) is 0 Å². The molecular formula is C12H24N2O4. The second kappa shape index (κ2) is 10.8. The van der Waals surface area contributed by atoms with Crippen molar-refractivity contribution in [1.82, 2.24) is 10.6 Å². The van der Waals surface area contributed by atoms with Crippen molar-refractivity contribution in [1.29, 1.82) is 0 Å². The standard InChI is InChI=1S/C12H24N2O4/c1-3-7-10(11(15)16)14-12(17)13-8-5-4-6-9-18-2/h10H,3-9H2,1-2H3,(H,15,16)(H2,13,14,17)/t10-/m1/s1. The second-order valence-corrected chi connectivity index (χ2v) is 4.13. The van der Waals surface area contributed by atoms with Crippen LogP contribution in [0.1, 0.15) is 39.0 Å². The Labute approximate surface area is 108 Å². The lowest BCUT2D eigenvalue weighted by molar-refractivity contribution is -0.139. The molecule has 18 heavy (non-hydrogen) atoms. The Bertz CT molecular complexity index is 246. The minimum atomic E-state index is -0.993. The van der Waals surface area contributed by atoms with Gasteiger partial charge in [-0.15, -0.1) is 0 Å². The first-order chi connectivity index (χ1) is 8.61. The molecule has 3 N–H and O–H groups in total. The highest BCUT2D eigenvalue weighted by molar-refractivity contribution is 5.82. The van der Waals surface area contributed by atoms with Crippen LogP contribution in [0.2, 0.25) is 0 Å². The number of amides is 2. The summed E-state index contributed by atoms with van der Waals surface area (Å²) < 4.78 is 4.91. The van der Waals surface area contributed by atoms with E-state index in [9.17, 15) is 9.59 Å². The third-order valence-corrected chi connectivity index (χ3v) is 2.49. The van der Waals surface area contributed by atoms with Gasteiger partial charge in [-0.3, -0.25) is 0 Å². The minimum absolute atomic E-state index is 0.414. The van der Waals surface area contributed by atoms with Gasteiger partial charge in [0.15, 0.2) is 0 Å². The molecule has 6 heteroatoms. The summed E-state index contributed by atoms with van der Waals surface area (Å²) in [6.07, 6.45) is 3.96. The third kappa shape index (κ3) is 8.81. The van der Waals surface area contributed by atoms with Gasteiger partial charge in [-0.25, -0.2) is 9.59 Å². The number of hydrogen-bond acceptors (Lipinski definition) is 3. The molecule has 0 radical (unpaired) electrons. The zero-order chi connectivity index (χ0) is 13.8. The van der Waals surface area contributed by atoms with Gasteiger partial charge in [0, 0.05) is 20.3 Å². The molecule has 0 saturated carbocycles. The first-order valence-corrected chi connectivity index (χ1v) is 6.38. The van der Waals surface area contributed by atoms with Crippen LogP contribution in [0, 0.1) is 0 Å². The topological polar surface area (TPSA) is 87.7 Å². The summed E-state index contributed by atoms with van der Waals surface area (Å²) in [5.41, 5.74) is 0. The molecule has 0 bridgehead atoms. The Morgan fingerprint density at radius 2 is 2.00 bits per heavy atom. The highest BCUT2D eigenvalue weighted by Crippen LogP contribution is 1.97. The van der Waals surface area contributed by atoms with Crippen LogP contribution in [0.5, 0.6) is 0 Å². The van der Waals surface area contributed by atoms with E-state index < -0.39 is 18.0 Å². The van der Waals surface area contributed by atoms with E-state index in [-0.39, 0.29) is 0 Å². The van der Waals surface area contributed by atoms with Gasteiger partial charge in [0.25, 0.3) is 0 Å². The fourth-order valence-electron chi connectivity index (χ4n) is 1.51. The van der Waals surface area contributed by atoms with Crippen LogP contribution in [0.4, 0.5) is 4.79 Å². The average Bonchev–Trinajstić information content (AvgIpc) is 2.33. The maximum Gasteiger partial charge on any atom is 0.326 e. The predicted octanol–water partition coefficient (Wildman–Crippen LogP) is 1.36. The number of carbonyl (C=O) groups is 2. The van der Waals surface area contributed by atoms with Crippen molar-refractivity contribution in [3.8, 4) is 0 Å². The molecule has 0 aliphatic rings. The normalized spacial score (nSPS) is 11.9. The van der Waals surface area contributed by atoms with E-state index in [0.29, 0.717) is 19.4 Å². The molecule has 0 heterocycles. The van der Waals surface area contributed by atoms with Gasteiger partial charge < -0.3 is 20.5 Å². The number of nitrogens with one attached hydrogen (secondary N) is 2. The maximum atomic E-state index is 11.4. The number of hydrogen-bond donors (Lipinski definition) is 3. The number of urea groups is 1. The smallest absolute Gasteiger partial charge is 0.326 e. The van der Waals surface area contributed by atoms with Crippen LogP contribution in [0.25, 0.3) is 0 Å². The zero-order valence-corrected chi connectivity index (χ0v) is 11.2. The van der Waals surface area contributed by atoms with Crippen LogP contribution >= 0.6 is 0 Å². The molecule has 0 fully saturated rings. The number of carboxylic acid groups (broad SMARTS) is 1. The average molecular weight is 260 g/mol. The summed E-state index contributed by atoms with van der Waals surface area (Å²) in [5.74, 6) is -0.993. The Hall–Kier alpha value is -1.30. The lowest BCUT2D eigenvalue weighted by Crippen LogP contribution is -2.46. The van der Waals surface area contributed by atoms with Gasteiger partial charge >= 0.3 is 12.0 Å². The fourth-order valence-corrected chi connectivity index (χ4v) is 1.51. The Kier molecular flexibility index (Phi) is 10.0. The number of carboxylic acids is 1. The summed E-state index contributed by atoms with van der Waals surface area (Å²) in [6, 6.07) is -1.22. The van der Waals surface area contributed by atoms with Crippen molar-refractivity contribution in [3.63, 3.8) is 0 Å². The van der Waals surface area contributed by atoms with Crippen molar-refractivity contribution in [2.75, 3.05) is 20.3 Å². The number of unbranched alkanes of at least 4 members (excludes halogenated alkanes) is 2. The van der Waals surface area contributed by atoms with Gasteiger partial charge in [-0.1, -0.05) is 13.3 Å². The van der Waals surface area contributed by atoms with Crippen molar-refractivity contribution in [2.45, 2.75) is 45.1 Å². The van der Waals surface area contributed by atoms with Crippen molar-refractivity contribution < 1.29 is 19.4 Å². The second-order valence-electron chi connectivity index (χ2n) is 4.13. The van der Waals surface area contributed by atoms with Gasteiger partial charge in [-0.2, -0.15) is 0 Å². The molecule has 0 spiro atoms. The van der Waals surface area contributed by atoms with Crippen LogP contribution in [-0.4, -0.2) is 43.4 Å². The number of ether oxygens (including phenoxy) is 1. The Morgan fingerprint density at radius 1 is 1.28 bits per heavy atom. The van der Waals surface area contributed by atoms with E-state index in [1.54, 1.807) is 7.11 Å². The largest absolute Gasteiger partial charge is 0.480 e. The first-order valence-electron chi connectivity index (χ1n) is 6.38. The number of methoxy groups -OCH3 is 1. The lowest BCUT2D eigenvalue weighted by atomic mass is 10.2. The predicted molar refractivity (Wildman–Crippen MR) is 68.6 cm³/mol. The maximum absolute atomic E-state index is 11.4. The highest BCUT2D eigenvalue weighted by atomic mass is 16.5. The van der Waals surface area contributed by atoms with E-state index in [2.05, 4.69) is 10.6 Å². The molecule has 0 aliphatic carbocycles. The van der Waals surface area contributed by atoms with Gasteiger partial charge in [0.05, 0.1) is 0 Å². The van der Waals surface area contributed by atoms with Crippen molar-refractivity contribution in [3.05, 3.63) is 0 Å². The first kappa shape index (κ1) is 16.7. The van der Waals surface area contributed by atoms with Crippen LogP contribution in [-0.2, 0) is 9.53 Å². The lowest BCUT2D eigenvalue weighted by Gasteiger charge is -2.14. The Morgan fingerprint density at radius 3 is 2.56 bits per heavy atom. The molecule has 0 aromatic rings. The molecule has 0 saturated heterocycles. The number of rotatable bonds is 10. The van der Waals surface area contributed by atoms with Gasteiger partial charge in [0.1, 0.15) is 6.04 Å². The van der Waals surface area contributed by atoms with Crippen LogP contribution < -0.4 is 10.6 Å². The summed E-state index contributed by atoms with van der Waals surface area (Å²) in [5, 5.41) is 14.0. The number of aliphatic carboxylic acids is 1. The van der Waals surface area contributed by atoms with Crippen molar-refractivity contribution >= 4 is 12.0 Å². The van der Waals surface area contributed by atoms with Gasteiger partial charge in [-0.05, 0) is 25.7 Å². The summed E-state index contributed by atoms with van der Waals surface area (Å²) >= 11 is 0. The van der Waals surface area contributed by atoms with E-state index in [1.165, 1.54) is 0 Å². The molecule has 0 aromatic heterocycles.